The largest absolute Gasteiger partial charge is 0.444 e. The Labute approximate surface area is 164 Å². The second-order valence-electron chi connectivity index (χ2n) is 5.19. The van der Waals surface area contributed by atoms with E-state index < -0.39 is 5.91 Å². The number of furan rings is 1. The summed E-state index contributed by atoms with van der Waals surface area (Å²) in [5.74, 6) is -0.478. The lowest BCUT2D eigenvalue weighted by Gasteiger charge is -2.09. The van der Waals surface area contributed by atoms with Crippen LogP contribution < -0.4 is 16.0 Å². The number of anilines is 1. The lowest BCUT2D eigenvalue weighted by molar-refractivity contribution is 0.0941. The van der Waals surface area contributed by atoms with Gasteiger partial charge in [0.2, 0.25) is 0 Å². The maximum atomic E-state index is 12.0. The van der Waals surface area contributed by atoms with Crippen molar-refractivity contribution in [2.75, 3.05) is 25.6 Å². The van der Waals surface area contributed by atoms with Crippen molar-refractivity contribution in [3.63, 3.8) is 0 Å². The number of methoxy groups -OCH3 is 1. The van der Waals surface area contributed by atoms with Crippen molar-refractivity contribution in [1.82, 2.24) is 10.6 Å². The van der Waals surface area contributed by atoms with Gasteiger partial charge in [-0.15, -0.1) is 0 Å². The lowest BCUT2D eigenvalue weighted by Crippen LogP contribution is -2.33. The van der Waals surface area contributed by atoms with Gasteiger partial charge in [0, 0.05) is 31.5 Å². The monoisotopic (exact) mass is 439 g/mol. The highest BCUT2D eigenvalue weighted by molar-refractivity contribution is 9.10. The third kappa shape index (κ3) is 6.25. The second-order valence-corrected chi connectivity index (χ2v) is 6.38. The van der Waals surface area contributed by atoms with Gasteiger partial charge < -0.3 is 19.8 Å². The minimum atomic E-state index is -0.458. The zero-order valence-electron chi connectivity index (χ0n) is 14.0. The van der Waals surface area contributed by atoms with E-state index in [-0.39, 0.29) is 16.8 Å². The van der Waals surface area contributed by atoms with Crippen LogP contribution in [0, 0.1) is 0 Å². The van der Waals surface area contributed by atoms with E-state index in [0.717, 1.165) is 6.42 Å². The minimum Gasteiger partial charge on any atom is -0.444 e. The topological polar surface area (TPSA) is 92.6 Å². The van der Waals surface area contributed by atoms with E-state index in [9.17, 15) is 9.59 Å². The molecule has 3 N–H and O–H groups in total. The summed E-state index contributed by atoms with van der Waals surface area (Å²) in [6, 6.07) is 9.88. The average Bonchev–Trinajstić information content (AvgIpc) is 3.05. The van der Waals surface area contributed by atoms with E-state index in [1.165, 1.54) is 6.07 Å². The van der Waals surface area contributed by atoms with Gasteiger partial charge in [0.15, 0.2) is 15.5 Å². The first-order valence-corrected chi connectivity index (χ1v) is 8.94. The molecule has 0 saturated carbocycles. The zero-order chi connectivity index (χ0) is 18.9. The highest BCUT2D eigenvalue weighted by Gasteiger charge is 2.12. The number of rotatable bonds is 7. The molecule has 0 aliphatic carbocycles. The van der Waals surface area contributed by atoms with Crippen LogP contribution in [0.15, 0.2) is 45.5 Å². The zero-order valence-corrected chi connectivity index (χ0v) is 16.4. The van der Waals surface area contributed by atoms with Crippen LogP contribution in [0.25, 0.3) is 0 Å². The molecule has 0 bridgehead atoms. The quantitative estimate of drug-likeness (QED) is 0.453. The molecule has 1 aromatic carbocycles. The second kappa shape index (κ2) is 10.0. The van der Waals surface area contributed by atoms with Crippen molar-refractivity contribution < 1.29 is 18.7 Å². The third-order valence-corrected chi connectivity index (χ3v) is 3.87. The van der Waals surface area contributed by atoms with Gasteiger partial charge in [-0.25, -0.2) is 0 Å². The molecule has 0 saturated heterocycles. The Bertz CT molecular complexity index is 777. The van der Waals surface area contributed by atoms with Gasteiger partial charge in [0.1, 0.15) is 0 Å². The van der Waals surface area contributed by atoms with Gasteiger partial charge in [-0.05, 0) is 71.0 Å². The van der Waals surface area contributed by atoms with E-state index in [0.29, 0.717) is 29.1 Å². The minimum absolute atomic E-state index is 0.124. The first-order chi connectivity index (χ1) is 12.5. The Morgan fingerprint density at radius 2 is 1.88 bits per heavy atom. The van der Waals surface area contributed by atoms with Gasteiger partial charge in [0.25, 0.3) is 11.8 Å². The molecule has 1 heterocycles. The molecule has 0 fully saturated rings. The van der Waals surface area contributed by atoms with Crippen LogP contribution in [0.4, 0.5) is 5.69 Å². The Balaban J connectivity index is 1.83. The molecule has 1 aromatic heterocycles. The summed E-state index contributed by atoms with van der Waals surface area (Å²) in [6.45, 7) is 1.15. The van der Waals surface area contributed by atoms with Crippen LogP contribution >= 0.6 is 28.1 Å². The average molecular weight is 440 g/mol. The number of nitrogens with one attached hydrogen (secondary N) is 3. The van der Waals surface area contributed by atoms with Crippen molar-refractivity contribution in [3.8, 4) is 0 Å². The van der Waals surface area contributed by atoms with Crippen LogP contribution in [0.5, 0.6) is 0 Å². The molecular formula is C17H18BrN3O4S. The normalized spacial score (nSPS) is 10.2. The van der Waals surface area contributed by atoms with E-state index in [2.05, 4.69) is 31.9 Å². The van der Waals surface area contributed by atoms with Crippen LogP contribution in [0.3, 0.4) is 0 Å². The highest BCUT2D eigenvalue weighted by Crippen LogP contribution is 2.14. The van der Waals surface area contributed by atoms with Gasteiger partial charge in [0.05, 0.1) is 0 Å². The Morgan fingerprint density at radius 3 is 2.50 bits per heavy atom. The summed E-state index contributed by atoms with van der Waals surface area (Å²) >= 11 is 8.23. The molecule has 138 valence electrons. The molecule has 2 rings (SSSR count). The lowest BCUT2D eigenvalue weighted by atomic mass is 10.2. The number of carbonyl (C=O) groups is 2. The molecule has 0 unspecified atom stereocenters. The molecule has 0 aliphatic rings. The fourth-order valence-corrected chi connectivity index (χ4v) is 2.51. The third-order valence-electron chi connectivity index (χ3n) is 3.24. The number of thiocarbonyl (C=S) groups is 1. The molecule has 2 amide bonds. The Hall–Kier alpha value is -2.23. The van der Waals surface area contributed by atoms with Gasteiger partial charge in [-0.2, -0.15) is 0 Å². The fraction of sp³-hybridized carbons (Fsp3) is 0.235. The van der Waals surface area contributed by atoms with E-state index in [1.807, 2.05) is 0 Å². The summed E-state index contributed by atoms with van der Waals surface area (Å²) in [5, 5.41) is 8.31. The van der Waals surface area contributed by atoms with Crippen molar-refractivity contribution >= 4 is 50.8 Å². The molecule has 26 heavy (non-hydrogen) atoms. The number of hydrogen-bond donors (Lipinski definition) is 3. The number of carbonyl (C=O) groups excluding carboxylic acids is 2. The first kappa shape index (κ1) is 20.1. The van der Waals surface area contributed by atoms with E-state index in [1.54, 1.807) is 37.4 Å². The van der Waals surface area contributed by atoms with Crippen molar-refractivity contribution in [3.05, 3.63) is 52.4 Å². The number of halogens is 1. The molecule has 0 aliphatic heterocycles. The highest BCUT2D eigenvalue weighted by atomic mass is 79.9. The SMILES string of the molecule is COCCCNC(=O)c1ccc(NC(=S)NC(=O)c2ccc(Br)o2)cc1. The number of ether oxygens (including phenoxy) is 1. The first-order valence-electron chi connectivity index (χ1n) is 7.74. The van der Waals surface area contributed by atoms with Crippen molar-refractivity contribution in [1.29, 1.82) is 0 Å². The van der Waals surface area contributed by atoms with Crippen LogP contribution in [-0.4, -0.2) is 37.2 Å². The summed E-state index contributed by atoms with van der Waals surface area (Å²) < 4.78 is 10.5. The molecule has 0 radical (unpaired) electrons. The summed E-state index contributed by atoms with van der Waals surface area (Å²) in [4.78, 5) is 23.9. The summed E-state index contributed by atoms with van der Waals surface area (Å²) in [6.07, 6.45) is 0.752. The maximum Gasteiger partial charge on any atom is 0.293 e. The summed E-state index contributed by atoms with van der Waals surface area (Å²) in [5.41, 5.74) is 1.18. The number of hydrogen-bond acceptors (Lipinski definition) is 5. The van der Waals surface area contributed by atoms with Crippen LogP contribution in [-0.2, 0) is 4.74 Å². The van der Waals surface area contributed by atoms with E-state index >= 15 is 0 Å². The molecule has 9 heteroatoms. The predicted molar refractivity (Wildman–Crippen MR) is 105 cm³/mol. The molecule has 0 atom stereocenters. The predicted octanol–water partition coefficient (Wildman–Crippen LogP) is 2.94. The Kier molecular flexibility index (Phi) is 7.76. The smallest absolute Gasteiger partial charge is 0.293 e. The fourth-order valence-electron chi connectivity index (χ4n) is 1.99. The number of amides is 2. The maximum absolute atomic E-state index is 12.0. The molecular weight excluding hydrogens is 422 g/mol. The van der Waals surface area contributed by atoms with Crippen LogP contribution in [0.2, 0.25) is 0 Å². The molecule has 0 spiro atoms. The molecule has 2 aromatic rings. The van der Waals surface area contributed by atoms with Crippen LogP contribution in [0.1, 0.15) is 27.3 Å². The van der Waals surface area contributed by atoms with Crippen molar-refractivity contribution in [2.24, 2.45) is 0 Å². The van der Waals surface area contributed by atoms with Gasteiger partial charge in [-0.1, -0.05) is 0 Å². The van der Waals surface area contributed by atoms with Gasteiger partial charge in [-0.3, -0.25) is 14.9 Å². The van der Waals surface area contributed by atoms with Crippen molar-refractivity contribution in [2.45, 2.75) is 6.42 Å². The number of benzene rings is 1. The Morgan fingerprint density at radius 1 is 1.15 bits per heavy atom. The van der Waals surface area contributed by atoms with Gasteiger partial charge >= 0.3 is 0 Å². The standard InChI is InChI=1S/C17H18BrN3O4S/c1-24-10-2-9-19-15(22)11-3-5-12(6-4-11)20-17(26)21-16(23)13-7-8-14(18)25-13/h3-8H,2,9-10H2,1H3,(H,19,22)(H2,20,21,23,26). The summed E-state index contributed by atoms with van der Waals surface area (Å²) in [7, 11) is 1.62. The molecule has 7 nitrogen and oxygen atoms in total. The van der Waals surface area contributed by atoms with E-state index in [4.69, 9.17) is 21.4 Å².